The summed E-state index contributed by atoms with van der Waals surface area (Å²) >= 11 is 0. The minimum absolute atomic E-state index is 0.158. The number of amides is 2. The molecule has 3 atom stereocenters. The molecule has 3 rings (SSSR count). The van der Waals surface area contributed by atoms with Gasteiger partial charge in [-0.3, -0.25) is 0 Å². The van der Waals surface area contributed by atoms with Crippen LogP contribution in [0.3, 0.4) is 0 Å². The summed E-state index contributed by atoms with van der Waals surface area (Å²) < 4.78 is 5.80. The Kier molecular flexibility index (Phi) is 3.09. The van der Waals surface area contributed by atoms with E-state index >= 15 is 0 Å². The molecule has 0 aromatic heterocycles. The molecule has 1 aromatic rings. The second-order valence-corrected chi connectivity index (χ2v) is 6.25. The number of ether oxygens (including phenoxy) is 1. The summed E-state index contributed by atoms with van der Waals surface area (Å²) in [6.45, 7) is 5.37. The van der Waals surface area contributed by atoms with Crippen LogP contribution >= 0.6 is 0 Å². The molecule has 1 saturated carbocycles. The van der Waals surface area contributed by atoms with E-state index in [1.165, 1.54) is 0 Å². The lowest BCUT2D eigenvalue weighted by molar-refractivity contribution is -0.0923. The van der Waals surface area contributed by atoms with E-state index in [1.807, 2.05) is 24.3 Å². The summed E-state index contributed by atoms with van der Waals surface area (Å²) in [5.74, 6) is 0.605. The van der Waals surface area contributed by atoms with Crippen LogP contribution in [0.5, 0.6) is 0 Å². The first kappa shape index (κ1) is 13.2. The normalized spacial score (nSPS) is 30.2. The Morgan fingerprint density at radius 3 is 2.60 bits per heavy atom. The van der Waals surface area contributed by atoms with E-state index in [0.717, 1.165) is 18.7 Å². The van der Waals surface area contributed by atoms with Crippen LogP contribution in [0.4, 0.5) is 16.2 Å². The predicted octanol–water partition coefficient (Wildman–Crippen LogP) is 2.40. The number of benzene rings is 1. The van der Waals surface area contributed by atoms with Crippen molar-refractivity contribution < 1.29 is 9.53 Å². The van der Waals surface area contributed by atoms with Gasteiger partial charge in [0.1, 0.15) is 0 Å². The van der Waals surface area contributed by atoms with Gasteiger partial charge in [0.25, 0.3) is 0 Å². The lowest BCUT2D eigenvalue weighted by Gasteiger charge is -2.55. The molecule has 3 unspecified atom stereocenters. The maximum absolute atomic E-state index is 10.8. The molecule has 0 radical (unpaired) electrons. The molecule has 20 heavy (non-hydrogen) atoms. The zero-order chi connectivity index (χ0) is 14.3. The number of primary amides is 1. The maximum Gasteiger partial charge on any atom is 0.316 e. The van der Waals surface area contributed by atoms with Crippen molar-refractivity contribution in [1.82, 2.24) is 0 Å². The van der Waals surface area contributed by atoms with Crippen LogP contribution in [0, 0.1) is 11.3 Å². The van der Waals surface area contributed by atoms with E-state index in [0.29, 0.717) is 23.8 Å². The fraction of sp³-hybridized carbons (Fsp3) is 0.533. The number of carbonyl (C=O) groups is 1. The van der Waals surface area contributed by atoms with E-state index in [9.17, 15) is 4.79 Å². The molecule has 2 amide bonds. The van der Waals surface area contributed by atoms with E-state index in [-0.39, 0.29) is 5.41 Å². The lowest BCUT2D eigenvalue weighted by atomic mass is 9.57. The minimum Gasteiger partial charge on any atom is -0.381 e. The molecule has 1 saturated heterocycles. The Morgan fingerprint density at radius 1 is 1.30 bits per heavy atom. The first-order valence-electron chi connectivity index (χ1n) is 7.03. The van der Waals surface area contributed by atoms with Gasteiger partial charge < -0.3 is 21.1 Å². The van der Waals surface area contributed by atoms with Gasteiger partial charge in [-0.15, -0.1) is 0 Å². The van der Waals surface area contributed by atoms with Crippen molar-refractivity contribution in [2.45, 2.75) is 32.4 Å². The molecule has 1 heterocycles. The van der Waals surface area contributed by atoms with Gasteiger partial charge in [0, 0.05) is 35.4 Å². The Balaban J connectivity index is 1.67. The zero-order valence-corrected chi connectivity index (χ0v) is 11.8. The summed E-state index contributed by atoms with van der Waals surface area (Å²) in [4.78, 5) is 10.8. The molecule has 5 nitrogen and oxygen atoms in total. The highest BCUT2D eigenvalue weighted by molar-refractivity contribution is 5.87. The largest absolute Gasteiger partial charge is 0.381 e. The second kappa shape index (κ2) is 4.66. The molecule has 0 spiro atoms. The summed E-state index contributed by atoms with van der Waals surface area (Å²) in [5.41, 5.74) is 7.01. The molecule has 1 aliphatic carbocycles. The van der Waals surface area contributed by atoms with Crippen LogP contribution in [0.15, 0.2) is 24.3 Å². The highest BCUT2D eigenvalue weighted by Gasteiger charge is 2.59. The highest BCUT2D eigenvalue weighted by Crippen LogP contribution is 2.53. The van der Waals surface area contributed by atoms with Gasteiger partial charge in [-0.1, -0.05) is 13.8 Å². The molecular formula is C15H21N3O2. The number of anilines is 2. The van der Waals surface area contributed by atoms with E-state index < -0.39 is 6.03 Å². The zero-order valence-electron chi connectivity index (χ0n) is 11.8. The third kappa shape index (κ3) is 2.12. The standard InChI is InChI=1S/C15H21N3O2/c1-15(2)12(11-7-8-20-13(11)15)17-9-3-5-10(6-4-9)18-14(16)19/h3-6,11-13,17H,7-8H2,1-2H3,(H3,16,18,19). The first-order valence-corrected chi connectivity index (χ1v) is 7.03. The van der Waals surface area contributed by atoms with Crippen LogP contribution in [-0.4, -0.2) is 24.8 Å². The van der Waals surface area contributed by atoms with Crippen molar-refractivity contribution in [3.8, 4) is 0 Å². The second-order valence-electron chi connectivity index (χ2n) is 6.25. The van der Waals surface area contributed by atoms with Crippen LogP contribution in [-0.2, 0) is 4.74 Å². The van der Waals surface area contributed by atoms with Crippen LogP contribution in [0.1, 0.15) is 20.3 Å². The van der Waals surface area contributed by atoms with E-state index in [1.54, 1.807) is 0 Å². The van der Waals surface area contributed by atoms with E-state index in [4.69, 9.17) is 10.5 Å². The molecule has 1 aromatic carbocycles. The SMILES string of the molecule is CC1(C)C(Nc2ccc(NC(N)=O)cc2)C2CCOC21. The van der Waals surface area contributed by atoms with Crippen molar-refractivity contribution in [2.75, 3.05) is 17.2 Å². The summed E-state index contributed by atoms with van der Waals surface area (Å²) in [6.07, 6.45) is 1.52. The minimum atomic E-state index is -0.545. The van der Waals surface area contributed by atoms with Crippen LogP contribution in [0.25, 0.3) is 0 Å². The Hall–Kier alpha value is -1.75. The number of urea groups is 1. The average Bonchev–Trinajstić information content (AvgIpc) is 2.84. The van der Waals surface area contributed by atoms with Gasteiger partial charge in [0.05, 0.1) is 6.10 Å². The molecule has 2 fully saturated rings. The Morgan fingerprint density at radius 2 is 1.95 bits per heavy atom. The topological polar surface area (TPSA) is 76.4 Å². The average molecular weight is 275 g/mol. The van der Waals surface area contributed by atoms with Gasteiger partial charge in [-0.25, -0.2) is 4.79 Å². The smallest absolute Gasteiger partial charge is 0.316 e. The number of fused-ring (bicyclic) bond motifs is 1. The van der Waals surface area contributed by atoms with Crippen molar-refractivity contribution in [3.05, 3.63) is 24.3 Å². The molecule has 1 aliphatic heterocycles. The molecule has 5 heteroatoms. The van der Waals surface area contributed by atoms with Crippen LogP contribution < -0.4 is 16.4 Å². The molecular weight excluding hydrogens is 254 g/mol. The highest BCUT2D eigenvalue weighted by atomic mass is 16.5. The fourth-order valence-corrected chi connectivity index (χ4v) is 3.59. The van der Waals surface area contributed by atoms with Crippen molar-refractivity contribution >= 4 is 17.4 Å². The third-order valence-electron chi connectivity index (χ3n) is 4.58. The summed E-state index contributed by atoms with van der Waals surface area (Å²) in [5, 5.41) is 6.15. The van der Waals surface area contributed by atoms with E-state index in [2.05, 4.69) is 24.5 Å². The van der Waals surface area contributed by atoms with Gasteiger partial charge in [-0.05, 0) is 30.7 Å². The molecule has 4 N–H and O–H groups in total. The number of nitrogens with one attached hydrogen (secondary N) is 2. The number of carbonyl (C=O) groups excluding carboxylic acids is 1. The molecule has 108 valence electrons. The number of nitrogens with two attached hydrogens (primary N) is 1. The Labute approximate surface area is 118 Å². The summed E-state index contributed by atoms with van der Waals surface area (Å²) in [6, 6.07) is 7.51. The number of hydrogen-bond donors (Lipinski definition) is 3. The fourth-order valence-electron chi connectivity index (χ4n) is 3.59. The predicted molar refractivity (Wildman–Crippen MR) is 78.7 cm³/mol. The molecule has 2 aliphatic rings. The molecule has 0 bridgehead atoms. The van der Waals surface area contributed by atoms with Crippen molar-refractivity contribution in [1.29, 1.82) is 0 Å². The Bertz CT molecular complexity index is 512. The van der Waals surface area contributed by atoms with Gasteiger partial charge >= 0.3 is 6.03 Å². The maximum atomic E-state index is 10.8. The monoisotopic (exact) mass is 275 g/mol. The quantitative estimate of drug-likeness (QED) is 0.792. The first-order chi connectivity index (χ1) is 9.48. The van der Waals surface area contributed by atoms with Crippen molar-refractivity contribution in [3.63, 3.8) is 0 Å². The summed E-state index contributed by atoms with van der Waals surface area (Å²) in [7, 11) is 0. The van der Waals surface area contributed by atoms with Crippen LogP contribution in [0.2, 0.25) is 0 Å². The lowest BCUT2D eigenvalue weighted by Crippen LogP contribution is -2.63. The van der Waals surface area contributed by atoms with Gasteiger partial charge in [0.15, 0.2) is 0 Å². The third-order valence-corrected chi connectivity index (χ3v) is 4.58. The van der Waals surface area contributed by atoms with Crippen molar-refractivity contribution in [2.24, 2.45) is 17.1 Å². The van der Waals surface area contributed by atoms with Gasteiger partial charge in [0.2, 0.25) is 0 Å². The number of rotatable bonds is 3. The number of hydrogen-bond acceptors (Lipinski definition) is 3. The van der Waals surface area contributed by atoms with Gasteiger partial charge in [-0.2, -0.15) is 0 Å².